The summed E-state index contributed by atoms with van der Waals surface area (Å²) < 4.78 is 23.2. The van der Waals surface area contributed by atoms with E-state index in [0.29, 0.717) is 17.4 Å². The number of likely N-dealkylation sites (N-methyl/N-ethyl adjacent to an activating group) is 1. The Balaban J connectivity index is 4.39. The summed E-state index contributed by atoms with van der Waals surface area (Å²) in [6.07, 6.45) is 61.1. The number of hydrogen-bond donors (Lipinski definition) is 2. The average Bonchev–Trinajstić information content (AvgIpc) is 3.24. The minimum Gasteiger partial charge on any atom is -0.756 e. The summed E-state index contributed by atoms with van der Waals surface area (Å²) in [5, 5.41) is 13.8. The van der Waals surface area contributed by atoms with E-state index in [9.17, 15) is 19.4 Å². The third-order valence-corrected chi connectivity index (χ3v) is 12.1. The van der Waals surface area contributed by atoms with Gasteiger partial charge in [0.1, 0.15) is 13.2 Å². The van der Waals surface area contributed by atoms with Gasteiger partial charge in [-0.15, -0.1) is 0 Å². The van der Waals surface area contributed by atoms with Crippen LogP contribution in [0.4, 0.5) is 0 Å². The van der Waals surface area contributed by atoms with E-state index in [1.54, 1.807) is 6.08 Å². The van der Waals surface area contributed by atoms with Crippen molar-refractivity contribution in [2.75, 3.05) is 40.9 Å². The van der Waals surface area contributed by atoms with Crippen molar-refractivity contribution in [1.29, 1.82) is 0 Å². The maximum atomic E-state index is 12.9. The lowest BCUT2D eigenvalue weighted by molar-refractivity contribution is -0.870. The molecule has 1 amide bonds. The molecule has 0 fully saturated rings. The molecule has 2 N–H and O–H groups in total. The molecule has 63 heavy (non-hydrogen) atoms. The van der Waals surface area contributed by atoms with E-state index in [1.807, 2.05) is 27.2 Å². The summed E-state index contributed by atoms with van der Waals surface area (Å²) in [6, 6.07) is -0.919. The molecule has 8 nitrogen and oxygen atoms in total. The summed E-state index contributed by atoms with van der Waals surface area (Å²) in [7, 11) is 1.22. The lowest BCUT2D eigenvalue weighted by Gasteiger charge is -2.29. The molecule has 3 atom stereocenters. The molecule has 0 heterocycles. The van der Waals surface area contributed by atoms with Gasteiger partial charge in [0, 0.05) is 6.42 Å². The van der Waals surface area contributed by atoms with Crippen LogP contribution in [0.25, 0.3) is 0 Å². The summed E-state index contributed by atoms with van der Waals surface area (Å²) in [4.78, 5) is 25.4. The molecule has 0 rings (SSSR count). The number of allylic oxidation sites excluding steroid dienone is 11. The van der Waals surface area contributed by atoms with Crippen LogP contribution in [0.1, 0.15) is 213 Å². The van der Waals surface area contributed by atoms with E-state index in [2.05, 4.69) is 79.9 Å². The highest BCUT2D eigenvalue weighted by molar-refractivity contribution is 7.45. The molecular weight excluding hydrogens is 804 g/mol. The van der Waals surface area contributed by atoms with Gasteiger partial charge in [0.25, 0.3) is 7.82 Å². The fraction of sp³-hybridized carbons (Fsp3) is 0.759. The number of carbonyl (C=O) groups excluding carboxylic acids is 1. The van der Waals surface area contributed by atoms with Crippen LogP contribution in [-0.4, -0.2) is 68.5 Å². The molecule has 0 spiro atoms. The van der Waals surface area contributed by atoms with Crippen LogP contribution in [0.15, 0.2) is 72.9 Å². The van der Waals surface area contributed by atoms with Crippen LogP contribution < -0.4 is 10.2 Å². The fourth-order valence-electron chi connectivity index (χ4n) is 7.08. The highest BCUT2D eigenvalue weighted by Gasteiger charge is 2.23. The molecule has 0 bridgehead atoms. The number of nitrogens with zero attached hydrogens (tertiary/aromatic N) is 1. The molecule has 366 valence electrons. The third kappa shape index (κ3) is 47.7. The number of aliphatic hydroxyl groups excluding tert-OH is 1. The first kappa shape index (κ1) is 60.9. The zero-order valence-corrected chi connectivity index (χ0v) is 42.4. The van der Waals surface area contributed by atoms with Crippen LogP contribution in [0.5, 0.6) is 0 Å². The Morgan fingerprint density at radius 1 is 0.571 bits per heavy atom. The molecule has 0 aliphatic heterocycles. The first-order valence-corrected chi connectivity index (χ1v) is 27.3. The quantitative estimate of drug-likeness (QED) is 0.0273. The SMILES string of the molecule is CC/C=C\C/C=C\C/C=C\CCCCCCCCCC(=O)NC(COP(=O)([O-])OCC[N+](C)(C)C)C(O)/C=C/CC/C=C/CC/C=C/CCCCCCCCCCCCCCCC. The number of phosphoric acid groups is 1. The van der Waals surface area contributed by atoms with E-state index >= 15 is 0 Å². The largest absolute Gasteiger partial charge is 0.756 e. The number of aliphatic hydroxyl groups is 1. The number of phosphoric ester groups is 1. The van der Waals surface area contributed by atoms with Gasteiger partial charge in [-0.2, -0.15) is 0 Å². The minimum absolute atomic E-state index is 0.0143. The predicted molar refractivity (Wildman–Crippen MR) is 270 cm³/mol. The number of quaternary nitrogens is 1. The Hall–Kier alpha value is -2.06. The van der Waals surface area contributed by atoms with E-state index in [-0.39, 0.29) is 12.5 Å². The van der Waals surface area contributed by atoms with Gasteiger partial charge in [0.05, 0.1) is 39.9 Å². The van der Waals surface area contributed by atoms with Gasteiger partial charge in [-0.1, -0.05) is 202 Å². The number of carbonyl (C=O) groups is 1. The predicted octanol–water partition coefficient (Wildman–Crippen LogP) is 14.5. The van der Waals surface area contributed by atoms with E-state index in [4.69, 9.17) is 9.05 Å². The van der Waals surface area contributed by atoms with Crippen molar-refractivity contribution in [3.63, 3.8) is 0 Å². The monoisotopic (exact) mass is 903 g/mol. The van der Waals surface area contributed by atoms with Crippen LogP contribution in [0.3, 0.4) is 0 Å². The molecule has 0 aliphatic carbocycles. The molecule has 0 aromatic rings. The molecule has 0 aromatic heterocycles. The molecule has 0 aromatic carbocycles. The van der Waals surface area contributed by atoms with Gasteiger partial charge in [0.15, 0.2) is 0 Å². The Morgan fingerprint density at radius 3 is 1.48 bits per heavy atom. The molecule has 3 unspecified atom stereocenters. The Kier molecular flexibility index (Phi) is 43.6. The fourth-order valence-corrected chi connectivity index (χ4v) is 7.80. The van der Waals surface area contributed by atoms with Crippen molar-refractivity contribution in [3.05, 3.63) is 72.9 Å². The van der Waals surface area contributed by atoms with Crippen molar-refractivity contribution >= 4 is 13.7 Å². The summed E-state index contributed by atoms with van der Waals surface area (Å²) in [5.41, 5.74) is 0. The Bertz CT molecular complexity index is 1250. The molecule has 0 aliphatic rings. The van der Waals surface area contributed by atoms with Crippen LogP contribution in [0, 0.1) is 0 Å². The summed E-state index contributed by atoms with van der Waals surface area (Å²) in [6.45, 7) is 4.50. The first-order valence-electron chi connectivity index (χ1n) is 25.8. The molecule has 0 saturated carbocycles. The van der Waals surface area contributed by atoms with Crippen LogP contribution in [-0.2, 0) is 18.4 Å². The maximum absolute atomic E-state index is 12.9. The average molecular weight is 903 g/mol. The van der Waals surface area contributed by atoms with Crippen molar-refractivity contribution < 1.29 is 32.9 Å². The van der Waals surface area contributed by atoms with Gasteiger partial charge >= 0.3 is 0 Å². The topological polar surface area (TPSA) is 108 Å². The number of nitrogens with one attached hydrogen (secondary N) is 1. The highest BCUT2D eigenvalue weighted by Crippen LogP contribution is 2.38. The smallest absolute Gasteiger partial charge is 0.268 e. The lowest BCUT2D eigenvalue weighted by Crippen LogP contribution is -2.45. The van der Waals surface area contributed by atoms with Gasteiger partial charge in [-0.25, -0.2) is 0 Å². The van der Waals surface area contributed by atoms with Gasteiger partial charge < -0.3 is 28.8 Å². The van der Waals surface area contributed by atoms with Gasteiger partial charge in [-0.3, -0.25) is 9.36 Å². The second-order valence-corrected chi connectivity index (χ2v) is 19.9. The minimum atomic E-state index is -4.61. The van der Waals surface area contributed by atoms with E-state index in [1.165, 1.54) is 116 Å². The second-order valence-electron chi connectivity index (χ2n) is 18.5. The normalized spacial score (nSPS) is 14.7. The van der Waals surface area contributed by atoms with Crippen LogP contribution in [0.2, 0.25) is 0 Å². The van der Waals surface area contributed by atoms with Gasteiger partial charge in [0.2, 0.25) is 5.91 Å². The van der Waals surface area contributed by atoms with Crippen molar-refractivity contribution in [1.82, 2.24) is 5.32 Å². The molecule has 9 heteroatoms. The van der Waals surface area contributed by atoms with Crippen molar-refractivity contribution in [3.8, 4) is 0 Å². The van der Waals surface area contributed by atoms with E-state index in [0.717, 1.165) is 77.0 Å². The van der Waals surface area contributed by atoms with Crippen molar-refractivity contribution in [2.45, 2.75) is 225 Å². The second kappa shape index (κ2) is 45.1. The first-order chi connectivity index (χ1) is 30.5. The maximum Gasteiger partial charge on any atom is 0.268 e. The molecule has 0 saturated heterocycles. The Morgan fingerprint density at radius 2 is 0.984 bits per heavy atom. The van der Waals surface area contributed by atoms with Gasteiger partial charge in [-0.05, 0) is 77.0 Å². The molecular formula is C54H99N2O6P. The number of unbranched alkanes of at least 4 members (excludes halogenated alkanes) is 23. The van der Waals surface area contributed by atoms with Crippen LogP contribution >= 0.6 is 7.82 Å². The lowest BCUT2D eigenvalue weighted by atomic mass is 10.0. The standard InChI is InChI=1S/C54H99N2O6P/c1-6-8-10-12-14-16-18-20-22-24-25-26-27-28-29-30-32-33-35-37-39-41-43-45-47-53(57)52(51-62-63(59,60)61-50-49-56(3,4)5)55-54(58)48-46-44-42-40-38-36-34-31-23-21-19-17-15-13-11-9-7-2/h9,11,15,17,21,23,30,32,37,39,45,47,52-53,57H,6-8,10,12-14,16,18-20,22,24-29,31,33-36,38,40-44,46,48-51H2,1-5H3,(H-,55,58,59,60)/b11-9-,17-15-,23-21-,32-30+,39-37+,47-45+. The van der Waals surface area contributed by atoms with Crippen molar-refractivity contribution in [2.24, 2.45) is 0 Å². The zero-order valence-electron chi connectivity index (χ0n) is 41.5. The molecule has 0 radical (unpaired) electrons. The zero-order chi connectivity index (χ0) is 46.4. The summed E-state index contributed by atoms with van der Waals surface area (Å²) in [5.74, 6) is -0.224. The summed E-state index contributed by atoms with van der Waals surface area (Å²) >= 11 is 0. The number of hydrogen-bond acceptors (Lipinski definition) is 6. The third-order valence-electron chi connectivity index (χ3n) is 11.1. The Labute approximate surface area is 389 Å². The number of rotatable bonds is 46. The van der Waals surface area contributed by atoms with E-state index < -0.39 is 26.6 Å². The number of amides is 1. The highest BCUT2D eigenvalue weighted by atomic mass is 31.2.